The third-order valence-electron chi connectivity index (χ3n) is 3.70. The Labute approximate surface area is 111 Å². The van der Waals surface area contributed by atoms with Crippen LogP contribution in [0.2, 0.25) is 0 Å². The van der Waals surface area contributed by atoms with Crippen molar-refractivity contribution in [3.8, 4) is 0 Å². The van der Waals surface area contributed by atoms with Gasteiger partial charge in [0.15, 0.2) is 0 Å². The van der Waals surface area contributed by atoms with Gasteiger partial charge in [-0.05, 0) is 62.3 Å². The van der Waals surface area contributed by atoms with Crippen LogP contribution in [0.25, 0.3) is 0 Å². The Morgan fingerprint density at radius 2 is 2.11 bits per heavy atom. The first kappa shape index (κ1) is 13.4. The van der Waals surface area contributed by atoms with Gasteiger partial charge in [-0.15, -0.1) is 0 Å². The van der Waals surface area contributed by atoms with Crippen molar-refractivity contribution in [1.29, 1.82) is 0 Å². The van der Waals surface area contributed by atoms with Crippen LogP contribution in [0.1, 0.15) is 37.3 Å². The smallest absolute Gasteiger partial charge is 0.0396 e. The maximum Gasteiger partial charge on any atom is 0.0396 e. The van der Waals surface area contributed by atoms with E-state index in [1.807, 2.05) is 0 Å². The molecule has 1 aromatic carbocycles. The van der Waals surface area contributed by atoms with Gasteiger partial charge in [0, 0.05) is 18.8 Å². The Hall–Kier alpha value is -1.02. The summed E-state index contributed by atoms with van der Waals surface area (Å²) < 4.78 is 0. The van der Waals surface area contributed by atoms with Crippen LogP contribution >= 0.6 is 0 Å². The number of hydrogen-bond acceptors (Lipinski definition) is 2. The van der Waals surface area contributed by atoms with Crippen LogP contribution in [0.5, 0.6) is 0 Å². The SMILES string of the molecule is CCCN(CC1CC1)c1ccc(CCN)cc1C. The third-order valence-corrected chi connectivity index (χ3v) is 3.70. The van der Waals surface area contributed by atoms with Crippen LogP contribution in [-0.4, -0.2) is 19.6 Å². The number of nitrogens with zero attached hydrogens (tertiary/aromatic N) is 1. The Kier molecular flexibility index (Phi) is 4.65. The fourth-order valence-electron chi connectivity index (χ4n) is 2.59. The fourth-order valence-corrected chi connectivity index (χ4v) is 2.59. The van der Waals surface area contributed by atoms with E-state index in [1.54, 1.807) is 0 Å². The summed E-state index contributed by atoms with van der Waals surface area (Å²) in [6.07, 6.45) is 5.04. The van der Waals surface area contributed by atoms with E-state index in [2.05, 4.69) is 36.9 Å². The van der Waals surface area contributed by atoms with E-state index in [0.717, 1.165) is 18.9 Å². The van der Waals surface area contributed by atoms with Crippen molar-refractivity contribution in [3.05, 3.63) is 29.3 Å². The van der Waals surface area contributed by atoms with Crippen molar-refractivity contribution in [2.45, 2.75) is 39.5 Å². The predicted octanol–water partition coefficient (Wildman–Crippen LogP) is 3.12. The lowest BCUT2D eigenvalue weighted by Crippen LogP contribution is -2.27. The largest absolute Gasteiger partial charge is 0.371 e. The minimum Gasteiger partial charge on any atom is -0.371 e. The quantitative estimate of drug-likeness (QED) is 0.801. The minimum atomic E-state index is 0.736. The summed E-state index contributed by atoms with van der Waals surface area (Å²) in [6, 6.07) is 6.83. The summed E-state index contributed by atoms with van der Waals surface area (Å²) in [5, 5.41) is 0. The first-order chi connectivity index (χ1) is 8.74. The van der Waals surface area contributed by atoms with Crippen LogP contribution in [0.15, 0.2) is 18.2 Å². The molecule has 0 amide bonds. The Balaban J connectivity index is 2.12. The van der Waals surface area contributed by atoms with Gasteiger partial charge in [0.05, 0.1) is 0 Å². The summed E-state index contributed by atoms with van der Waals surface area (Å²) in [4.78, 5) is 2.57. The third kappa shape index (κ3) is 3.49. The molecule has 2 heteroatoms. The molecule has 1 aromatic rings. The molecule has 100 valence electrons. The molecule has 0 atom stereocenters. The lowest BCUT2D eigenvalue weighted by atomic mass is 10.1. The maximum atomic E-state index is 5.62. The van der Waals surface area contributed by atoms with Crippen molar-refractivity contribution >= 4 is 5.69 Å². The summed E-state index contributed by atoms with van der Waals surface area (Å²) in [5.41, 5.74) is 9.80. The van der Waals surface area contributed by atoms with Crippen molar-refractivity contribution < 1.29 is 0 Å². The molecule has 0 aliphatic heterocycles. The lowest BCUT2D eigenvalue weighted by Gasteiger charge is -2.26. The number of rotatable bonds is 7. The molecule has 1 saturated carbocycles. The standard InChI is InChI=1S/C16H26N2/c1-3-10-18(12-15-4-5-15)16-7-6-14(8-9-17)11-13(16)2/h6-7,11,15H,3-5,8-10,12,17H2,1-2H3. The van der Waals surface area contributed by atoms with Gasteiger partial charge in [-0.25, -0.2) is 0 Å². The summed E-state index contributed by atoms with van der Waals surface area (Å²) in [7, 11) is 0. The second kappa shape index (κ2) is 6.24. The molecule has 0 heterocycles. The van der Waals surface area contributed by atoms with Gasteiger partial charge in [-0.1, -0.05) is 19.1 Å². The minimum absolute atomic E-state index is 0.736. The molecule has 1 aliphatic carbocycles. The van der Waals surface area contributed by atoms with Gasteiger partial charge in [-0.2, -0.15) is 0 Å². The van der Waals surface area contributed by atoms with Crippen LogP contribution < -0.4 is 10.6 Å². The van der Waals surface area contributed by atoms with Crippen molar-refractivity contribution in [3.63, 3.8) is 0 Å². The average Bonchev–Trinajstić information content (AvgIpc) is 3.13. The second-order valence-electron chi connectivity index (χ2n) is 5.55. The van der Waals surface area contributed by atoms with E-state index in [-0.39, 0.29) is 0 Å². The van der Waals surface area contributed by atoms with E-state index in [9.17, 15) is 0 Å². The van der Waals surface area contributed by atoms with E-state index in [0.29, 0.717) is 0 Å². The van der Waals surface area contributed by atoms with Gasteiger partial charge in [0.2, 0.25) is 0 Å². The topological polar surface area (TPSA) is 29.3 Å². The average molecular weight is 246 g/mol. The van der Waals surface area contributed by atoms with Crippen molar-refractivity contribution in [2.75, 3.05) is 24.5 Å². The molecule has 2 nitrogen and oxygen atoms in total. The normalized spacial score (nSPS) is 14.8. The van der Waals surface area contributed by atoms with E-state index in [4.69, 9.17) is 5.73 Å². The number of anilines is 1. The van der Waals surface area contributed by atoms with Crippen LogP contribution in [0, 0.1) is 12.8 Å². The molecule has 2 N–H and O–H groups in total. The molecule has 18 heavy (non-hydrogen) atoms. The molecule has 1 aliphatic rings. The van der Waals surface area contributed by atoms with Crippen LogP contribution in [0.4, 0.5) is 5.69 Å². The first-order valence-electron chi connectivity index (χ1n) is 7.29. The van der Waals surface area contributed by atoms with Crippen LogP contribution in [0.3, 0.4) is 0 Å². The number of nitrogens with two attached hydrogens (primary N) is 1. The monoisotopic (exact) mass is 246 g/mol. The van der Waals surface area contributed by atoms with Gasteiger partial charge in [-0.3, -0.25) is 0 Å². The second-order valence-corrected chi connectivity index (χ2v) is 5.55. The molecule has 0 bridgehead atoms. The zero-order valence-electron chi connectivity index (χ0n) is 11.8. The highest BCUT2D eigenvalue weighted by Gasteiger charge is 2.24. The Morgan fingerprint density at radius 1 is 1.33 bits per heavy atom. The van der Waals surface area contributed by atoms with Gasteiger partial charge in [0.1, 0.15) is 0 Å². The summed E-state index contributed by atoms with van der Waals surface area (Å²) >= 11 is 0. The van der Waals surface area contributed by atoms with Gasteiger partial charge < -0.3 is 10.6 Å². The predicted molar refractivity (Wildman–Crippen MR) is 79.2 cm³/mol. The molecule has 1 fully saturated rings. The highest BCUT2D eigenvalue weighted by atomic mass is 15.1. The number of aryl methyl sites for hydroxylation is 1. The summed E-state index contributed by atoms with van der Waals surface area (Å²) in [6.45, 7) is 7.64. The summed E-state index contributed by atoms with van der Waals surface area (Å²) in [5.74, 6) is 0.944. The van der Waals surface area contributed by atoms with Crippen LogP contribution in [-0.2, 0) is 6.42 Å². The van der Waals surface area contributed by atoms with Gasteiger partial charge >= 0.3 is 0 Å². The maximum absolute atomic E-state index is 5.62. The molecule has 0 saturated heterocycles. The van der Waals surface area contributed by atoms with E-state index in [1.165, 1.54) is 49.2 Å². The highest BCUT2D eigenvalue weighted by molar-refractivity contribution is 5.54. The Morgan fingerprint density at radius 3 is 2.67 bits per heavy atom. The molecular weight excluding hydrogens is 220 g/mol. The molecule has 0 aromatic heterocycles. The molecule has 0 unspecified atom stereocenters. The first-order valence-corrected chi connectivity index (χ1v) is 7.29. The zero-order valence-corrected chi connectivity index (χ0v) is 11.8. The fraction of sp³-hybridized carbons (Fsp3) is 0.625. The highest BCUT2D eigenvalue weighted by Crippen LogP contribution is 2.32. The molecule has 0 spiro atoms. The van der Waals surface area contributed by atoms with Crippen molar-refractivity contribution in [2.24, 2.45) is 11.7 Å². The van der Waals surface area contributed by atoms with Crippen molar-refractivity contribution in [1.82, 2.24) is 0 Å². The van der Waals surface area contributed by atoms with E-state index < -0.39 is 0 Å². The Bertz CT molecular complexity index is 383. The zero-order chi connectivity index (χ0) is 13.0. The molecule has 0 radical (unpaired) electrons. The molecule has 2 rings (SSSR count). The number of hydrogen-bond donors (Lipinski definition) is 1. The van der Waals surface area contributed by atoms with Gasteiger partial charge in [0.25, 0.3) is 0 Å². The van der Waals surface area contributed by atoms with E-state index >= 15 is 0 Å². The lowest BCUT2D eigenvalue weighted by molar-refractivity contribution is 0.706. The molecular formula is C16H26N2. The number of benzene rings is 1.